The Morgan fingerprint density at radius 2 is 2.10 bits per heavy atom. The van der Waals surface area contributed by atoms with Gasteiger partial charge in [0, 0.05) is 18.8 Å². The van der Waals surface area contributed by atoms with Crippen molar-refractivity contribution in [2.45, 2.75) is 39.2 Å². The standard InChI is InChI=1S/C16H24N2O2/c1-4-13-8-6-7-12(3)15(13)17-14(19)9-18-10-16(20,5-2)11-18/h6-8,20H,4-5,9-11H2,1-3H3,(H,17,19). The molecular formula is C16H24N2O2. The number of hydrogen-bond donors (Lipinski definition) is 2. The topological polar surface area (TPSA) is 52.6 Å². The maximum atomic E-state index is 12.1. The van der Waals surface area contributed by atoms with Crippen LogP contribution in [0.4, 0.5) is 5.69 Å². The molecule has 1 aliphatic rings. The minimum Gasteiger partial charge on any atom is -0.387 e. The molecule has 1 amide bonds. The second-order valence-corrected chi connectivity index (χ2v) is 5.73. The average Bonchev–Trinajstić information content (AvgIpc) is 2.39. The molecule has 20 heavy (non-hydrogen) atoms. The predicted octanol–water partition coefficient (Wildman–Crippen LogP) is 1.95. The van der Waals surface area contributed by atoms with Crippen LogP contribution in [0.3, 0.4) is 0 Å². The monoisotopic (exact) mass is 276 g/mol. The molecular weight excluding hydrogens is 252 g/mol. The summed E-state index contributed by atoms with van der Waals surface area (Å²) < 4.78 is 0. The number of likely N-dealkylation sites (tertiary alicyclic amines) is 1. The highest BCUT2D eigenvalue weighted by Crippen LogP contribution is 2.24. The Bertz CT molecular complexity index is 493. The van der Waals surface area contributed by atoms with Crippen molar-refractivity contribution in [3.8, 4) is 0 Å². The maximum Gasteiger partial charge on any atom is 0.238 e. The minimum absolute atomic E-state index is 0.00727. The molecule has 1 saturated heterocycles. The highest BCUT2D eigenvalue weighted by molar-refractivity contribution is 5.93. The van der Waals surface area contributed by atoms with Crippen LogP contribution in [-0.2, 0) is 11.2 Å². The van der Waals surface area contributed by atoms with Gasteiger partial charge in [-0.25, -0.2) is 0 Å². The van der Waals surface area contributed by atoms with Gasteiger partial charge in [0.25, 0.3) is 0 Å². The van der Waals surface area contributed by atoms with E-state index in [1.165, 1.54) is 0 Å². The molecule has 0 aromatic heterocycles. The van der Waals surface area contributed by atoms with Crippen LogP contribution in [0, 0.1) is 6.92 Å². The fraction of sp³-hybridized carbons (Fsp3) is 0.562. The molecule has 0 spiro atoms. The average molecular weight is 276 g/mol. The zero-order chi connectivity index (χ0) is 14.8. The molecule has 1 fully saturated rings. The third-order valence-electron chi connectivity index (χ3n) is 4.07. The lowest BCUT2D eigenvalue weighted by molar-refractivity contribution is -0.128. The lowest BCUT2D eigenvalue weighted by Crippen LogP contribution is -2.62. The Kier molecular flexibility index (Phi) is 4.45. The summed E-state index contributed by atoms with van der Waals surface area (Å²) in [5, 5.41) is 13.0. The Balaban J connectivity index is 1.93. The van der Waals surface area contributed by atoms with Gasteiger partial charge in [-0.1, -0.05) is 32.0 Å². The Morgan fingerprint density at radius 1 is 1.40 bits per heavy atom. The minimum atomic E-state index is -0.586. The molecule has 4 nitrogen and oxygen atoms in total. The number of aryl methyl sites for hydroxylation is 2. The van der Waals surface area contributed by atoms with Gasteiger partial charge in [0.15, 0.2) is 0 Å². The van der Waals surface area contributed by atoms with Crippen molar-refractivity contribution in [1.82, 2.24) is 4.90 Å². The number of para-hydroxylation sites is 1. The van der Waals surface area contributed by atoms with Crippen molar-refractivity contribution in [2.75, 3.05) is 25.0 Å². The van der Waals surface area contributed by atoms with Crippen LogP contribution in [0.1, 0.15) is 31.4 Å². The van der Waals surface area contributed by atoms with Gasteiger partial charge in [-0.3, -0.25) is 9.69 Å². The first kappa shape index (κ1) is 15.0. The normalized spacial score (nSPS) is 17.6. The number of nitrogens with zero attached hydrogens (tertiary/aromatic N) is 1. The first-order valence-corrected chi connectivity index (χ1v) is 7.30. The number of carbonyl (C=O) groups is 1. The smallest absolute Gasteiger partial charge is 0.238 e. The molecule has 1 aromatic rings. The number of carbonyl (C=O) groups excluding carboxylic acids is 1. The van der Waals surface area contributed by atoms with Crippen LogP contribution >= 0.6 is 0 Å². The summed E-state index contributed by atoms with van der Waals surface area (Å²) in [6, 6.07) is 6.07. The first-order chi connectivity index (χ1) is 9.47. The maximum absolute atomic E-state index is 12.1. The van der Waals surface area contributed by atoms with Crippen LogP contribution in [-0.4, -0.2) is 41.1 Å². The molecule has 0 radical (unpaired) electrons. The van der Waals surface area contributed by atoms with E-state index in [9.17, 15) is 9.90 Å². The molecule has 0 bridgehead atoms. The highest BCUT2D eigenvalue weighted by Gasteiger charge is 2.39. The lowest BCUT2D eigenvalue weighted by Gasteiger charge is -2.45. The predicted molar refractivity (Wildman–Crippen MR) is 80.9 cm³/mol. The van der Waals surface area contributed by atoms with Gasteiger partial charge >= 0.3 is 0 Å². The summed E-state index contributed by atoms with van der Waals surface area (Å²) in [4.78, 5) is 14.1. The van der Waals surface area contributed by atoms with E-state index in [4.69, 9.17) is 0 Å². The fourth-order valence-corrected chi connectivity index (χ4v) is 2.71. The lowest BCUT2D eigenvalue weighted by atomic mass is 9.91. The molecule has 1 aromatic carbocycles. The van der Waals surface area contributed by atoms with Crippen LogP contribution in [0.15, 0.2) is 18.2 Å². The van der Waals surface area contributed by atoms with Gasteiger partial charge in [-0.05, 0) is 30.9 Å². The van der Waals surface area contributed by atoms with E-state index in [2.05, 4.69) is 12.2 Å². The molecule has 0 atom stereocenters. The second-order valence-electron chi connectivity index (χ2n) is 5.73. The van der Waals surface area contributed by atoms with Gasteiger partial charge in [0.2, 0.25) is 5.91 Å². The van der Waals surface area contributed by atoms with Crippen LogP contribution < -0.4 is 5.32 Å². The summed E-state index contributed by atoms with van der Waals surface area (Å²) in [7, 11) is 0. The van der Waals surface area contributed by atoms with Gasteiger partial charge in [0.1, 0.15) is 0 Å². The largest absolute Gasteiger partial charge is 0.387 e. The number of aliphatic hydroxyl groups is 1. The molecule has 1 heterocycles. The number of hydrogen-bond acceptors (Lipinski definition) is 3. The molecule has 2 rings (SSSR count). The van der Waals surface area contributed by atoms with Crippen LogP contribution in [0.25, 0.3) is 0 Å². The van der Waals surface area contributed by atoms with E-state index in [0.717, 1.165) is 29.7 Å². The zero-order valence-corrected chi connectivity index (χ0v) is 12.6. The van der Waals surface area contributed by atoms with E-state index in [-0.39, 0.29) is 5.91 Å². The molecule has 2 N–H and O–H groups in total. The third-order valence-corrected chi connectivity index (χ3v) is 4.07. The van der Waals surface area contributed by atoms with E-state index in [1.807, 2.05) is 36.9 Å². The zero-order valence-electron chi connectivity index (χ0n) is 12.6. The molecule has 0 saturated carbocycles. The number of β-amino-alcohol motifs (C(OH)–C–C–N with tert-alkyl or cyclic N) is 1. The number of amides is 1. The SMILES string of the molecule is CCc1cccc(C)c1NC(=O)CN1CC(O)(CC)C1. The number of nitrogens with one attached hydrogen (secondary N) is 1. The van der Waals surface area contributed by atoms with E-state index in [0.29, 0.717) is 19.6 Å². The van der Waals surface area contributed by atoms with Crippen molar-refractivity contribution < 1.29 is 9.90 Å². The number of rotatable bonds is 5. The van der Waals surface area contributed by atoms with Crippen molar-refractivity contribution in [3.05, 3.63) is 29.3 Å². The van der Waals surface area contributed by atoms with Gasteiger partial charge in [-0.15, -0.1) is 0 Å². The molecule has 110 valence electrons. The van der Waals surface area contributed by atoms with Crippen LogP contribution in [0.2, 0.25) is 0 Å². The highest BCUT2D eigenvalue weighted by atomic mass is 16.3. The van der Waals surface area contributed by atoms with Gasteiger partial charge < -0.3 is 10.4 Å². The second kappa shape index (κ2) is 5.94. The summed E-state index contributed by atoms with van der Waals surface area (Å²) in [6.07, 6.45) is 1.64. The quantitative estimate of drug-likeness (QED) is 0.864. The van der Waals surface area contributed by atoms with E-state index < -0.39 is 5.60 Å². The number of anilines is 1. The Labute approximate surface area is 120 Å². The van der Waals surface area contributed by atoms with E-state index in [1.54, 1.807) is 0 Å². The van der Waals surface area contributed by atoms with Crippen molar-refractivity contribution >= 4 is 11.6 Å². The number of benzene rings is 1. The molecule has 1 aliphatic heterocycles. The van der Waals surface area contributed by atoms with Crippen molar-refractivity contribution in [2.24, 2.45) is 0 Å². The Morgan fingerprint density at radius 3 is 2.70 bits per heavy atom. The molecule has 0 aliphatic carbocycles. The summed E-state index contributed by atoms with van der Waals surface area (Å²) >= 11 is 0. The summed E-state index contributed by atoms with van der Waals surface area (Å²) in [5.41, 5.74) is 2.60. The molecule has 0 unspecified atom stereocenters. The van der Waals surface area contributed by atoms with Crippen molar-refractivity contribution in [3.63, 3.8) is 0 Å². The van der Waals surface area contributed by atoms with E-state index >= 15 is 0 Å². The van der Waals surface area contributed by atoms with Crippen LogP contribution in [0.5, 0.6) is 0 Å². The summed E-state index contributed by atoms with van der Waals surface area (Å²) in [5.74, 6) is -0.00727. The fourth-order valence-electron chi connectivity index (χ4n) is 2.71. The van der Waals surface area contributed by atoms with Gasteiger partial charge in [-0.2, -0.15) is 0 Å². The third kappa shape index (κ3) is 3.19. The Hall–Kier alpha value is -1.39. The molecule has 4 heteroatoms. The summed E-state index contributed by atoms with van der Waals surface area (Å²) in [6.45, 7) is 7.59. The van der Waals surface area contributed by atoms with Gasteiger partial charge in [0.05, 0.1) is 12.1 Å². The van der Waals surface area contributed by atoms with Crippen molar-refractivity contribution in [1.29, 1.82) is 0 Å². The first-order valence-electron chi connectivity index (χ1n) is 7.30.